The number of hydrogen-bond acceptors (Lipinski definition) is 3. The minimum Gasteiger partial charge on any atom is -0.496 e. The monoisotopic (exact) mass is 324 g/mol. The van der Waals surface area contributed by atoms with E-state index in [0.29, 0.717) is 17.4 Å². The summed E-state index contributed by atoms with van der Waals surface area (Å²) in [5.74, 6) is 0.417. The van der Waals surface area contributed by atoms with Gasteiger partial charge in [0.25, 0.3) is 5.91 Å². The Bertz CT molecular complexity index is 697. The number of anilines is 2. The third-order valence-corrected chi connectivity index (χ3v) is 4.61. The van der Waals surface area contributed by atoms with Crippen molar-refractivity contribution in [3.63, 3.8) is 0 Å². The zero-order valence-electron chi connectivity index (χ0n) is 14.3. The van der Waals surface area contributed by atoms with Crippen LogP contribution < -0.4 is 15.0 Å². The van der Waals surface area contributed by atoms with Crippen LogP contribution in [0.5, 0.6) is 5.75 Å². The molecule has 0 bridgehead atoms. The van der Waals surface area contributed by atoms with Crippen molar-refractivity contribution >= 4 is 17.3 Å². The maximum absolute atomic E-state index is 12.4. The van der Waals surface area contributed by atoms with Crippen LogP contribution in [-0.4, -0.2) is 25.6 Å². The minimum atomic E-state index is -0.161. The van der Waals surface area contributed by atoms with E-state index in [1.54, 1.807) is 19.2 Å². The first-order valence-corrected chi connectivity index (χ1v) is 8.50. The van der Waals surface area contributed by atoms with Crippen molar-refractivity contribution in [3.8, 4) is 5.75 Å². The Morgan fingerprint density at radius 2 is 1.88 bits per heavy atom. The van der Waals surface area contributed by atoms with E-state index in [4.69, 9.17) is 4.74 Å². The Morgan fingerprint density at radius 1 is 1.12 bits per heavy atom. The fraction of sp³-hybridized carbons (Fsp3) is 0.350. The Hall–Kier alpha value is -2.49. The molecule has 24 heavy (non-hydrogen) atoms. The summed E-state index contributed by atoms with van der Waals surface area (Å²) in [7, 11) is 1.57. The van der Waals surface area contributed by atoms with Crippen LogP contribution in [0, 0.1) is 0 Å². The molecule has 1 atom stereocenters. The number of hydrogen-bond donors (Lipinski definition) is 1. The molecule has 1 amide bonds. The van der Waals surface area contributed by atoms with Crippen molar-refractivity contribution in [2.45, 2.75) is 32.2 Å². The molecule has 1 aliphatic heterocycles. The molecule has 2 aromatic rings. The van der Waals surface area contributed by atoms with E-state index in [-0.39, 0.29) is 5.91 Å². The second-order valence-corrected chi connectivity index (χ2v) is 6.24. The Balaban J connectivity index is 1.71. The number of piperidine rings is 1. The first-order chi connectivity index (χ1) is 11.7. The van der Waals surface area contributed by atoms with E-state index in [0.717, 1.165) is 12.2 Å². The number of amides is 1. The maximum atomic E-state index is 12.4. The quantitative estimate of drug-likeness (QED) is 0.910. The van der Waals surface area contributed by atoms with E-state index >= 15 is 0 Å². The first-order valence-electron chi connectivity index (χ1n) is 8.50. The molecule has 1 heterocycles. The van der Waals surface area contributed by atoms with Crippen LogP contribution in [0.25, 0.3) is 0 Å². The SMILES string of the molecule is COc1ccccc1C(=O)Nc1ccc(N2CCCCC2C)cc1. The Kier molecular flexibility index (Phi) is 5.04. The molecule has 1 unspecified atom stereocenters. The summed E-state index contributed by atoms with van der Waals surface area (Å²) >= 11 is 0. The average Bonchev–Trinajstić information content (AvgIpc) is 2.63. The first kappa shape index (κ1) is 16.4. The van der Waals surface area contributed by atoms with Crippen molar-refractivity contribution in [2.75, 3.05) is 23.9 Å². The summed E-state index contributed by atoms with van der Waals surface area (Å²) < 4.78 is 5.25. The molecule has 1 saturated heterocycles. The van der Waals surface area contributed by atoms with Crippen LogP contribution >= 0.6 is 0 Å². The largest absolute Gasteiger partial charge is 0.496 e. The second kappa shape index (κ2) is 7.39. The van der Waals surface area contributed by atoms with Gasteiger partial charge in [-0.15, -0.1) is 0 Å². The summed E-state index contributed by atoms with van der Waals surface area (Å²) in [4.78, 5) is 14.9. The molecule has 2 aromatic carbocycles. The number of methoxy groups -OCH3 is 1. The van der Waals surface area contributed by atoms with Crippen molar-refractivity contribution in [1.29, 1.82) is 0 Å². The standard InChI is InChI=1S/C20H24N2O2/c1-15-7-5-6-14-22(15)17-12-10-16(11-13-17)21-20(23)18-8-3-4-9-19(18)24-2/h3-4,8-13,15H,5-7,14H2,1-2H3,(H,21,23). The van der Waals surface area contributed by atoms with Crippen LogP contribution in [-0.2, 0) is 0 Å². The number of ether oxygens (including phenoxy) is 1. The predicted octanol–water partition coefficient (Wildman–Crippen LogP) is 4.33. The molecule has 0 radical (unpaired) electrons. The van der Waals surface area contributed by atoms with Gasteiger partial charge >= 0.3 is 0 Å². The van der Waals surface area contributed by atoms with E-state index in [2.05, 4.69) is 29.3 Å². The molecular weight excluding hydrogens is 300 g/mol. The molecule has 4 heteroatoms. The number of carbonyl (C=O) groups is 1. The molecule has 0 aromatic heterocycles. The second-order valence-electron chi connectivity index (χ2n) is 6.24. The normalized spacial score (nSPS) is 17.4. The summed E-state index contributed by atoms with van der Waals surface area (Å²) in [6, 6.07) is 15.9. The van der Waals surface area contributed by atoms with Gasteiger partial charge in [0.15, 0.2) is 0 Å². The Labute approximate surface area is 143 Å². The van der Waals surface area contributed by atoms with Gasteiger partial charge in [0, 0.05) is 24.0 Å². The van der Waals surface area contributed by atoms with Gasteiger partial charge < -0.3 is 15.0 Å². The lowest BCUT2D eigenvalue weighted by molar-refractivity contribution is 0.102. The lowest BCUT2D eigenvalue weighted by Crippen LogP contribution is -2.37. The van der Waals surface area contributed by atoms with Gasteiger partial charge in [-0.25, -0.2) is 0 Å². The third-order valence-electron chi connectivity index (χ3n) is 4.61. The summed E-state index contributed by atoms with van der Waals surface area (Å²) in [5, 5.41) is 2.94. The van der Waals surface area contributed by atoms with Gasteiger partial charge in [0.1, 0.15) is 5.75 Å². The molecule has 1 fully saturated rings. The number of nitrogens with one attached hydrogen (secondary N) is 1. The van der Waals surface area contributed by atoms with Gasteiger partial charge in [0.2, 0.25) is 0 Å². The molecule has 3 rings (SSSR count). The van der Waals surface area contributed by atoms with Gasteiger partial charge in [0.05, 0.1) is 12.7 Å². The van der Waals surface area contributed by atoms with Crippen molar-refractivity contribution in [3.05, 3.63) is 54.1 Å². The minimum absolute atomic E-state index is 0.161. The van der Waals surface area contributed by atoms with Crippen LogP contribution in [0.2, 0.25) is 0 Å². The lowest BCUT2D eigenvalue weighted by Gasteiger charge is -2.35. The maximum Gasteiger partial charge on any atom is 0.259 e. The van der Waals surface area contributed by atoms with Crippen LogP contribution in [0.4, 0.5) is 11.4 Å². The summed E-state index contributed by atoms with van der Waals surface area (Å²) in [6.07, 6.45) is 3.80. The molecule has 4 nitrogen and oxygen atoms in total. The van der Waals surface area contributed by atoms with E-state index < -0.39 is 0 Å². The molecule has 0 aliphatic carbocycles. The Morgan fingerprint density at radius 3 is 2.58 bits per heavy atom. The van der Waals surface area contributed by atoms with Gasteiger partial charge in [-0.3, -0.25) is 4.79 Å². The highest BCUT2D eigenvalue weighted by Crippen LogP contribution is 2.26. The van der Waals surface area contributed by atoms with Gasteiger partial charge in [-0.1, -0.05) is 12.1 Å². The highest BCUT2D eigenvalue weighted by molar-refractivity contribution is 6.06. The molecule has 0 spiro atoms. The molecule has 1 N–H and O–H groups in total. The highest BCUT2D eigenvalue weighted by atomic mass is 16.5. The predicted molar refractivity (Wildman–Crippen MR) is 98.0 cm³/mol. The lowest BCUT2D eigenvalue weighted by atomic mass is 10.0. The van der Waals surface area contributed by atoms with Crippen molar-refractivity contribution < 1.29 is 9.53 Å². The molecule has 1 aliphatic rings. The number of para-hydroxylation sites is 1. The molecule has 0 saturated carbocycles. The van der Waals surface area contributed by atoms with Gasteiger partial charge in [-0.2, -0.15) is 0 Å². The summed E-state index contributed by atoms with van der Waals surface area (Å²) in [6.45, 7) is 3.38. The van der Waals surface area contributed by atoms with E-state index in [9.17, 15) is 4.79 Å². The van der Waals surface area contributed by atoms with Crippen molar-refractivity contribution in [1.82, 2.24) is 0 Å². The van der Waals surface area contributed by atoms with E-state index in [1.807, 2.05) is 24.3 Å². The fourth-order valence-corrected chi connectivity index (χ4v) is 3.25. The van der Waals surface area contributed by atoms with Crippen LogP contribution in [0.15, 0.2) is 48.5 Å². The zero-order valence-corrected chi connectivity index (χ0v) is 14.3. The van der Waals surface area contributed by atoms with Crippen molar-refractivity contribution in [2.24, 2.45) is 0 Å². The molecule has 126 valence electrons. The topological polar surface area (TPSA) is 41.6 Å². The smallest absolute Gasteiger partial charge is 0.259 e. The number of carbonyl (C=O) groups excluding carboxylic acids is 1. The average molecular weight is 324 g/mol. The fourth-order valence-electron chi connectivity index (χ4n) is 3.25. The van der Waals surface area contributed by atoms with Gasteiger partial charge in [-0.05, 0) is 62.6 Å². The van der Waals surface area contributed by atoms with Crippen LogP contribution in [0.1, 0.15) is 36.5 Å². The number of nitrogens with zero attached hydrogens (tertiary/aromatic N) is 1. The third kappa shape index (κ3) is 3.53. The van der Waals surface area contributed by atoms with E-state index in [1.165, 1.54) is 24.9 Å². The number of rotatable bonds is 4. The zero-order chi connectivity index (χ0) is 16.9. The molecular formula is C20H24N2O2. The van der Waals surface area contributed by atoms with Crippen LogP contribution in [0.3, 0.4) is 0 Å². The number of benzene rings is 2. The highest BCUT2D eigenvalue weighted by Gasteiger charge is 2.18. The summed E-state index contributed by atoms with van der Waals surface area (Å²) in [5.41, 5.74) is 2.55.